The zero-order chi connectivity index (χ0) is 29.6. The molecule has 1 N–H and O–H groups in total. The summed E-state index contributed by atoms with van der Waals surface area (Å²) in [5.41, 5.74) is 8.50. The molecule has 3 aromatic rings. The molecule has 0 spiro atoms. The van der Waals surface area contributed by atoms with E-state index in [0.29, 0.717) is 5.69 Å². The molecule has 0 aromatic heterocycles. The summed E-state index contributed by atoms with van der Waals surface area (Å²) in [5.74, 6) is 0. The summed E-state index contributed by atoms with van der Waals surface area (Å²) < 4.78 is 36.9. The van der Waals surface area contributed by atoms with Gasteiger partial charge < -0.3 is 14.4 Å². The Balaban J connectivity index is 1.75. The zero-order valence-corrected chi connectivity index (χ0v) is 25.4. The monoisotopic (exact) mass is 570 g/mol. The minimum Gasteiger partial charge on any atom is -0.744 e. The van der Waals surface area contributed by atoms with Crippen LogP contribution in [0.3, 0.4) is 0 Å². The summed E-state index contributed by atoms with van der Waals surface area (Å²) in [6, 6.07) is 23.2. The van der Waals surface area contributed by atoms with Crippen LogP contribution in [0.25, 0.3) is 5.57 Å². The molecule has 0 amide bonds. The first-order chi connectivity index (χ1) is 19.7. The smallest absolute Gasteiger partial charge is 0.199 e. The molecule has 0 unspecified atom stereocenters. The van der Waals surface area contributed by atoms with E-state index < -0.39 is 10.1 Å². The van der Waals surface area contributed by atoms with E-state index in [1.807, 2.05) is 24.1 Å². The number of nitrogens with zero attached hydrogens (tertiary/aromatic N) is 2. The summed E-state index contributed by atoms with van der Waals surface area (Å²) in [5, 5.41) is 0. The molecular formula is C34H40N3O3S+. The van der Waals surface area contributed by atoms with Crippen LogP contribution in [0.4, 0.5) is 17.1 Å². The van der Waals surface area contributed by atoms with Crippen LogP contribution in [0.5, 0.6) is 0 Å². The van der Waals surface area contributed by atoms with Crippen molar-refractivity contribution in [3.05, 3.63) is 114 Å². The van der Waals surface area contributed by atoms with Crippen molar-refractivity contribution < 1.29 is 22.4 Å². The van der Waals surface area contributed by atoms with E-state index in [-0.39, 0.29) is 4.90 Å². The van der Waals surface area contributed by atoms with Crippen molar-refractivity contribution in [3.63, 3.8) is 0 Å². The van der Waals surface area contributed by atoms with Gasteiger partial charge in [0.15, 0.2) is 5.71 Å². The molecule has 0 heterocycles. The lowest BCUT2D eigenvalue weighted by Crippen LogP contribution is -3.06. The van der Waals surface area contributed by atoms with Gasteiger partial charge in [0.05, 0.1) is 18.0 Å². The molecule has 6 nitrogen and oxygen atoms in total. The SMILES string of the molecule is CC[N+](CC)=C1C=CC(=C(c2ccc(N(C)c3cccc(S(=O)(=O)[O-])c3)cc2)c2ccc([NH+](CC)CC)cc2)C=C1. The second-order valence-electron chi connectivity index (χ2n) is 10.0. The van der Waals surface area contributed by atoms with Crippen LogP contribution in [0.2, 0.25) is 0 Å². The molecule has 4 rings (SSSR count). The molecule has 3 aromatic carbocycles. The van der Waals surface area contributed by atoms with Crippen LogP contribution >= 0.6 is 0 Å². The topological polar surface area (TPSA) is 67.9 Å². The van der Waals surface area contributed by atoms with E-state index in [9.17, 15) is 13.0 Å². The predicted molar refractivity (Wildman–Crippen MR) is 168 cm³/mol. The van der Waals surface area contributed by atoms with E-state index in [4.69, 9.17) is 0 Å². The van der Waals surface area contributed by atoms with E-state index in [1.165, 1.54) is 28.4 Å². The molecular weight excluding hydrogens is 530 g/mol. The van der Waals surface area contributed by atoms with Crippen molar-refractivity contribution in [1.82, 2.24) is 0 Å². The van der Waals surface area contributed by atoms with Gasteiger partial charge in [-0.25, -0.2) is 13.0 Å². The second kappa shape index (κ2) is 13.3. The number of rotatable bonds is 10. The van der Waals surface area contributed by atoms with E-state index >= 15 is 0 Å². The highest BCUT2D eigenvalue weighted by Crippen LogP contribution is 2.33. The van der Waals surface area contributed by atoms with E-state index in [2.05, 4.69) is 93.0 Å². The van der Waals surface area contributed by atoms with Gasteiger partial charge in [-0.15, -0.1) is 0 Å². The van der Waals surface area contributed by atoms with Gasteiger partial charge in [-0.3, -0.25) is 0 Å². The summed E-state index contributed by atoms with van der Waals surface area (Å²) in [6.45, 7) is 12.7. The third-order valence-corrected chi connectivity index (χ3v) is 8.59. The van der Waals surface area contributed by atoms with Crippen LogP contribution in [0.1, 0.15) is 38.8 Å². The maximum absolute atomic E-state index is 11.5. The molecule has 0 fully saturated rings. The van der Waals surface area contributed by atoms with Crippen molar-refractivity contribution in [2.24, 2.45) is 0 Å². The second-order valence-corrected chi connectivity index (χ2v) is 11.4. The molecule has 0 aliphatic heterocycles. The highest BCUT2D eigenvalue weighted by atomic mass is 32.2. The number of allylic oxidation sites excluding steroid dienone is 5. The normalized spacial score (nSPS) is 13.1. The Morgan fingerprint density at radius 3 is 1.85 bits per heavy atom. The fourth-order valence-corrected chi connectivity index (χ4v) is 5.82. The predicted octanol–water partition coefficient (Wildman–Crippen LogP) is 5.34. The third kappa shape index (κ3) is 6.93. The Morgan fingerprint density at radius 2 is 1.34 bits per heavy atom. The molecule has 214 valence electrons. The molecule has 0 saturated carbocycles. The first-order valence-electron chi connectivity index (χ1n) is 14.3. The number of benzene rings is 3. The summed E-state index contributed by atoms with van der Waals surface area (Å²) in [6.07, 6.45) is 8.77. The fourth-order valence-electron chi connectivity index (χ4n) is 5.31. The van der Waals surface area contributed by atoms with Gasteiger partial charge in [0.2, 0.25) is 0 Å². The van der Waals surface area contributed by atoms with Gasteiger partial charge in [-0.1, -0.05) is 18.2 Å². The van der Waals surface area contributed by atoms with Crippen molar-refractivity contribution in [3.8, 4) is 0 Å². The summed E-state index contributed by atoms with van der Waals surface area (Å²) in [4.78, 5) is 3.08. The van der Waals surface area contributed by atoms with Gasteiger partial charge in [-0.2, -0.15) is 0 Å². The minimum atomic E-state index is -4.53. The van der Waals surface area contributed by atoms with E-state index in [0.717, 1.165) is 54.1 Å². The van der Waals surface area contributed by atoms with Crippen LogP contribution < -0.4 is 9.80 Å². The zero-order valence-electron chi connectivity index (χ0n) is 24.6. The third-order valence-electron chi connectivity index (χ3n) is 7.76. The Morgan fingerprint density at radius 1 is 0.780 bits per heavy atom. The van der Waals surface area contributed by atoms with Gasteiger partial charge in [0, 0.05) is 30.6 Å². The van der Waals surface area contributed by atoms with Crippen LogP contribution in [0.15, 0.2) is 108 Å². The molecule has 1 aliphatic carbocycles. The molecule has 0 bridgehead atoms. The Hall–Kier alpha value is -3.78. The first-order valence-corrected chi connectivity index (χ1v) is 15.7. The van der Waals surface area contributed by atoms with Crippen molar-refractivity contribution in [2.75, 3.05) is 38.1 Å². The highest BCUT2D eigenvalue weighted by Gasteiger charge is 2.16. The lowest BCUT2D eigenvalue weighted by molar-refractivity contribution is -0.828. The molecule has 0 radical (unpaired) electrons. The van der Waals surface area contributed by atoms with Gasteiger partial charge in [-0.05, 0) is 117 Å². The molecule has 1 aliphatic rings. The summed E-state index contributed by atoms with van der Waals surface area (Å²) in [7, 11) is -2.67. The average Bonchev–Trinajstić information content (AvgIpc) is 3.00. The lowest BCUT2D eigenvalue weighted by Gasteiger charge is -2.22. The standard InChI is InChI=1S/C34H39N3O3S/c1-6-36(7-2)30-21-15-27(16-22-30)34(28-17-23-31(24-18-28)37(8-3)9-4)26-13-19-29(20-14-26)35(5)32-11-10-12-33(25-32)41(38,39)40/h10-25H,6-9H2,1-5H3/p+1. The maximum Gasteiger partial charge on any atom is 0.199 e. The average molecular weight is 571 g/mol. The largest absolute Gasteiger partial charge is 0.744 e. The number of nitrogens with one attached hydrogen (secondary N) is 1. The number of anilines is 2. The summed E-state index contributed by atoms with van der Waals surface area (Å²) >= 11 is 0. The minimum absolute atomic E-state index is 0.239. The van der Waals surface area contributed by atoms with Crippen molar-refractivity contribution in [2.45, 2.75) is 32.6 Å². The van der Waals surface area contributed by atoms with E-state index in [1.54, 1.807) is 12.1 Å². The molecule has 41 heavy (non-hydrogen) atoms. The van der Waals surface area contributed by atoms with Gasteiger partial charge in [0.25, 0.3) is 0 Å². The Bertz CT molecular complexity index is 1570. The first kappa shape index (κ1) is 30.2. The molecule has 7 heteroatoms. The van der Waals surface area contributed by atoms with Crippen molar-refractivity contribution in [1.29, 1.82) is 0 Å². The number of hydrogen-bond acceptors (Lipinski definition) is 4. The quantitative estimate of drug-likeness (QED) is 0.264. The van der Waals surface area contributed by atoms with Gasteiger partial charge in [0.1, 0.15) is 28.9 Å². The van der Waals surface area contributed by atoms with Gasteiger partial charge >= 0.3 is 0 Å². The van der Waals surface area contributed by atoms with Crippen LogP contribution in [-0.2, 0) is 10.1 Å². The maximum atomic E-state index is 11.5. The van der Waals surface area contributed by atoms with Crippen LogP contribution in [0, 0.1) is 0 Å². The Kier molecular flexibility index (Phi) is 9.76. The fraction of sp³-hybridized carbons (Fsp3) is 0.265. The number of hydrogen-bond donors (Lipinski definition) is 1. The highest BCUT2D eigenvalue weighted by molar-refractivity contribution is 7.85. The Labute approximate surface area is 245 Å². The van der Waals surface area contributed by atoms with Crippen molar-refractivity contribution >= 4 is 38.5 Å². The molecule has 0 saturated heterocycles. The lowest BCUT2D eigenvalue weighted by atomic mass is 9.90. The molecule has 0 atom stereocenters. The number of quaternary nitrogens is 1. The van der Waals surface area contributed by atoms with Crippen LogP contribution in [-0.4, -0.2) is 56.5 Å².